The maximum Gasteiger partial charge on any atom is 0.267 e. The zero-order chi connectivity index (χ0) is 12.7. The predicted molar refractivity (Wildman–Crippen MR) is 59.0 cm³/mol. The van der Waals surface area contributed by atoms with E-state index in [0.717, 1.165) is 6.92 Å². The molecule has 0 bridgehead atoms. The van der Waals surface area contributed by atoms with Crippen LogP contribution in [0.4, 0.5) is 8.78 Å². The fourth-order valence-corrected chi connectivity index (χ4v) is 1.97. The predicted octanol–water partition coefficient (Wildman–Crippen LogP) is 2.73. The fourth-order valence-electron chi connectivity index (χ4n) is 1.01. The lowest BCUT2D eigenvalue weighted by molar-refractivity contribution is 0.0108. The molecule has 0 heterocycles. The maximum absolute atomic E-state index is 12.4. The van der Waals surface area contributed by atoms with Gasteiger partial charge in [-0.25, -0.2) is 8.78 Å². The van der Waals surface area contributed by atoms with Crippen molar-refractivity contribution >= 4 is 10.1 Å². The van der Waals surface area contributed by atoms with E-state index in [1.807, 2.05) is 0 Å². The van der Waals surface area contributed by atoms with E-state index in [2.05, 4.69) is 4.18 Å². The number of alkyl halides is 2. The molecular weight excluding hydrogens is 238 g/mol. The van der Waals surface area contributed by atoms with Crippen molar-refractivity contribution in [2.75, 3.05) is 12.4 Å². The molecule has 96 valence electrons. The molecular formula is C10H18F2O3S. The first-order valence-electron chi connectivity index (χ1n) is 5.13. The zero-order valence-electron chi connectivity index (χ0n) is 9.58. The largest absolute Gasteiger partial charge is 0.267 e. The number of unbranched alkanes of at least 4 members (excludes halogenated alkanes) is 1. The summed E-state index contributed by atoms with van der Waals surface area (Å²) in [5, 5.41) is 0. The average Bonchev–Trinajstić information content (AvgIpc) is 2.11. The average molecular weight is 256 g/mol. The van der Waals surface area contributed by atoms with Gasteiger partial charge in [0.05, 0.1) is 12.4 Å². The first-order chi connectivity index (χ1) is 7.27. The van der Waals surface area contributed by atoms with E-state index in [4.69, 9.17) is 0 Å². The van der Waals surface area contributed by atoms with Gasteiger partial charge in [-0.15, -0.1) is 0 Å². The van der Waals surface area contributed by atoms with Gasteiger partial charge in [-0.1, -0.05) is 12.2 Å². The van der Waals surface area contributed by atoms with Crippen LogP contribution >= 0.6 is 0 Å². The summed E-state index contributed by atoms with van der Waals surface area (Å²) in [5.74, 6) is -2.93. The monoisotopic (exact) mass is 256 g/mol. The summed E-state index contributed by atoms with van der Waals surface area (Å²) in [4.78, 5) is 0. The highest BCUT2D eigenvalue weighted by molar-refractivity contribution is 7.86. The molecule has 0 fully saturated rings. The van der Waals surface area contributed by atoms with Crippen molar-refractivity contribution in [3.8, 4) is 0 Å². The topological polar surface area (TPSA) is 43.4 Å². The fraction of sp³-hybridized carbons (Fsp3) is 0.800. The van der Waals surface area contributed by atoms with Crippen LogP contribution in [0.25, 0.3) is 0 Å². The summed E-state index contributed by atoms with van der Waals surface area (Å²) < 4.78 is 51.8. The van der Waals surface area contributed by atoms with Crippen LogP contribution in [-0.4, -0.2) is 26.7 Å². The molecule has 16 heavy (non-hydrogen) atoms. The van der Waals surface area contributed by atoms with Gasteiger partial charge in [0.25, 0.3) is 10.1 Å². The minimum absolute atomic E-state index is 0.00275. The summed E-state index contributed by atoms with van der Waals surface area (Å²) in [7, 11) is -3.57. The Labute approximate surface area is 95.6 Å². The Morgan fingerprint density at radius 3 is 2.44 bits per heavy atom. The van der Waals surface area contributed by atoms with E-state index in [-0.39, 0.29) is 31.6 Å². The van der Waals surface area contributed by atoms with Gasteiger partial charge in [0.15, 0.2) is 0 Å². The molecule has 0 saturated heterocycles. The third-order valence-corrected chi connectivity index (χ3v) is 3.12. The minimum Gasteiger partial charge on any atom is -0.266 e. The van der Waals surface area contributed by atoms with Crippen molar-refractivity contribution in [3.05, 3.63) is 12.2 Å². The minimum atomic E-state index is -3.57. The molecule has 6 heteroatoms. The molecule has 0 aromatic carbocycles. The van der Waals surface area contributed by atoms with Crippen molar-refractivity contribution in [2.24, 2.45) is 0 Å². The number of allylic oxidation sites excluding steroid dienone is 1. The van der Waals surface area contributed by atoms with Gasteiger partial charge in [0.1, 0.15) is 0 Å². The summed E-state index contributed by atoms with van der Waals surface area (Å²) in [5.41, 5.74) is 0. The smallest absolute Gasteiger partial charge is 0.266 e. The molecule has 0 aromatic rings. The Kier molecular flexibility index (Phi) is 6.74. The van der Waals surface area contributed by atoms with Gasteiger partial charge >= 0.3 is 0 Å². The quantitative estimate of drug-likeness (QED) is 0.381. The van der Waals surface area contributed by atoms with Crippen LogP contribution in [0.3, 0.4) is 0 Å². The van der Waals surface area contributed by atoms with E-state index in [9.17, 15) is 17.2 Å². The maximum atomic E-state index is 12.4. The second kappa shape index (κ2) is 6.96. The molecule has 0 N–H and O–H groups in total. The lowest BCUT2D eigenvalue weighted by atomic mass is 10.2. The zero-order valence-corrected chi connectivity index (χ0v) is 10.4. The molecule has 0 atom stereocenters. The van der Waals surface area contributed by atoms with Crippen LogP contribution in [0.2, 0.25) is 0 Å². The summed E-state index contributed by atoms with van der Waals surface area (Å²) in [6.45, 7) is 2.58. The first kappa shape index (κ1) is 15.5. The Bertz CT molecular complexity index is 305. The molecule has 3 nitrogen and oxygen atoms in total. The second-order valence-electron chi connectivity index (χ2n) is 3.64. The molecule has 0 amide bonds. The van der Waals surface area contributed by atoms with Crippen molar-refractivity contribution in [1.82, 2.24) is 0 Å². The number of rotatable bonds is 8. The summed E-state index contributed by atoms with van der Waals surface area (Å²) in [6, 6.07) is 0. The molecule has 0 aliphatic rings. The SMILES string of the molecule is C/C=C\COS(=O)(=O)CCCCC(C)(F)F. The van der Waals surface area contributed by atoms with Crippen molar-refractivity contribution in [2.45, 2.75) is 39.0 Å². The lowest BCUT2D eigenvalue weighted by Gasteiger charge is -2.09. The number of hydrogen-bond donors (Lipinski definition) is 0. The van der Waals surface area contributed by atoms with Crippen LogP contribution in [0.5, 0.6) is 0 Å². The van der Waals surface area contributed by atoms with Gasteiger partial charge in [-0.3, -0.25) is 4.18 Å². The Balaban J connectivity index is 3.75. The lowest BCUT2D eigenvalue weighted by Crippen LogP contribution is -2.13. The van der Waals surface area contributed by atoms with E-state index in [1.165, 1.54) is 0 Å². The molecule has 0 radical (unpaired) electrons. The Morgan fingerprint density at radius 1 is 1.31 bits per heavy atom. The van der Waals surface area contributed by atoms with E-state index >= 15 is 0 Å². The van der Waals surface area contributed by atoms with Crippen LogP contribution in [-0.2, 0) is 14.3 Å². The number of hydrogen-bond acceptors (Lipinski definition) is 3. The van der Waals surface area contributed by atoms with Gasteiger partial charge in [0, 0.05) is 6.42 Å². The van der Waals surface area contributed by atoms with Crippen LogP contribution < -0.4 is 0 Å². The van der Waals surface area contributed by atoms with Crippen LogP contribution in [0.15, 0.2) is 12.2 Å². The standard InChI is InChI=1S/C10H18F2O3S/c1-3-4-8-15-16(13,14)9-6-5-7-10(2,11)12/h3-4H,5-9H2,1-2H3/b4-3-. The van der Waals surface area contributed by atoms with Gasteiger partial charge in [-0.05, 0) is 26.7 Å². The normalized spacial score (nSPS) is 13.5. The van der Waals surface area contributed by atoms with Crippen molar-refractivity contribution < 1.29 is 21.4 Å². The highest BCUT2D eigenvalue weighted by Crippen LogP contribution is 2.19. The van der Waals surface area contributed by atoms with E-state index in [0.29, 0.717) is 0 Å². The van der Waals surface area contributed by atoms with Gasteiger partial charge in [-0.2, -0.15) is 8.42 Å². The Morgan fingerprint density at radius 2 is 1.94 bits per heavy atom. The molecule has 0 spiro atoms. The molecule has 0 aliphatic heterocycles. The Hall–Kier alpha value is -0.490. The van der Waals surface area contributed by atoms with E-state index in [1.54, 1.807) is 19.1 Å². The molecule has 0 aromatic heterocycles. The third kappa shape index (κ3) is 10.0. The van der Waals surface area contributed by atoms with Crippen LogP contribution in [0.1, 0.15) is 33.1 Å². The van der Waals surface area contributed by atoms with Crippen molar-refractivity contribution in [3.63, 3.8) is 0 Å². The first-order valence-corrected chi connectivity index (χ1v) is 6.71. The summed E-state index contributed by atoms with van der Waals surface area (Å²) in [6.07, 6.45) is 3.32. The highest BCUT2D eigenvalue weighted by atomic mass is 32.2. The molecule has 0 saturated carbocycles. The third-order valence-electron chi connectivity index (χ3n) is 1.84. The van der Waals surface area contributed by atoms with Gasteiger partial charge < -0.3 is 0 Å². The molecule has 0 unspecified atom stereocenters. The molecule has 0 aliphatic carbocycles. The summed E-state index contributed by atoms with van der Waals surface area (Å²) >= 11 is 0. The molecule has 0 rings (SSSR count). The second-order valence-corrected chi connectivity index (χ2v) is 5.40. The van der Waals surface area contributed by atoms with Crippen LogP contribution in [0, 0.1) is 0 Å². The van der Waals surface area contributed by atoms with E-state index < -0.39 is 16.0 Å². The van der Waals surface area contributed by atoms with Crippen molar-refractivity contribution in [1.29, 1.82) is 0 Å². The van der Waals surface area contributed by atoms with Gasteiger partial charge in [0.2, 0.25) is 5.92 Å². The highest BCUT2D eigenvalue weighted by Gasteiger charge is 2.20. The number of halogens is 2.